The van der Waals surface area contributed by atoms with Gasteiger partial charge in [0.05, 0.1) is 0 Å². The van der Waals surface area contributed by atoms with E-state index in [9.17, 15) is 0 Å². The van der Waals surface area contributed by atoms with Crippen molar-refractivity contribution in [2.24, 2.45) is 0 Å². The Kier molecular flexibility index (Phi) is 4.70. The standard InChI is InChI=1S/C15H16O2Si/c1-16-15(17-2)18-14-11-7-6-10-13(14)12-8-4-3-5-9-12/h3-11,15H,1-2H3. The van der Waals surface area contributed by atoms with Gasteiger partial charge in [-0.2, -0.15) is 0 Å². The van der Waals surface area contributed by atoms with Crippen molar-refractivity contribution in [3.8, 4) is 11.1 Å². The predicted molar refractivity (Wildman–Crippen MR) is 75.1 cm³/mol. The molecule has 0 atom stereocenters. The van der Waals surface area contributed by atoms with Gasteiger partial charge in [0.15, 0.2) is 9.52 Å². The third-order valence-electron chi connectivity index (χ3n) is 2.71. The lowest BCUT2D eigenvalue weighted by Crippen LogP contribution is -2.32. The second-order valence-electron chi connectivity index (χ2n) is 3.86. The third kappa shape index (κ3) is 3.07. The fraction of sp³-hybridized carbons (Fsp3) is 0.200. The highest BCUT2D eigenvalue weighted by molar-refractivity contribution is 6.56. The van der Waals surface area contributed by atoms with Gasteiger partial charge in [0, 0.05) is 14.2 Å². The van der Waals surface area contributed by atoms with Gasteiger partial charge in [-0.25, -0.2) is 0 Å². The summed E-state index contributed by atoms with van der Waals surface area (Å²) in [7, 11) is 3.82. The first-order valence-electron chi connectivity index (χ1n) is 5.81. The van der Waals surface area contributed by atoms with Crippen LogP contribution in [0.5, 0.6) is 0 Å². The maximum atomic E-state index is 5.28. The van der Waals surface area contributed by atoms with Crippen molar-refractivity contribution in [3.05, 3.63) is 54.6 Å². The van der Waals surface area contributed by atoms with Crippen LogP contribution in [-0.4, -0.2) is 29.7 Å². The monoisotopic (exact) mass is 256 g/mol. The highest BCUT2D eigenvalue weighted by Crippen LogP contribution is 2.16. The number of methoxy groups -OCH3 is 2. The van der Waals surface area contributed by atoms with Crippen LogP contribution in [0.4, 0.5) is 0 Å². The van der Waals surface area contributed by atoms with Crippen LogP contribution in [0.15, 0.2) is 54.6 Å². The molecule has 0 amide bonds. The predicted octanol–water partition coefficient (Wildman–Crippen LogP) is 2.26. The lowest BCUT2D eigenvalue weighted by atomic mass is 10.1. The SMILES string of the molecule is COC(OC)[Si]c1ccccc1-c1ccccc1. The van der Waals surface area contributed by atoms with Crippen LogP contribution in [-0.2, 0) is 9.47 Å². The Bertz CT molecular complexity index is 481. The van der Waals surface area contributed by atoms with Gasteiger partial charge in [-0.3, -0.25) is 0 Å². The summed E-state index contributed by atoms with van der Waals surface area (Å²) in [5.74, 6) is -0.171. The number of hydrogen-bond acceptors (Lipinski definition) is 2. The molecule has 18 heavy (non-hydrogen) atoms. The zero-order valence-electron chi connectivity index (χ0n) is 10.6. The number of rotatable bonds is 5. The summed E-state index contributed by atoms with van der Waals surface area (Å²) in [4.78, 5) is 0. The van der Waals surface area contributed by atoms with E-state index in [1.807, 2.05) is 6.07 Å². The molecule has 0 saturated heterocycles. The molecule has 0 aliphatic heterocycles. The second kappa shape index (κ2) is 6.49. The molecule has 0 unspecified atom stereocenters. The Labute approximate surface area is 110 Å². The minimum Gasteiger partial charge on any atom is -0.360 e. The Hall–Kier alpha value is -1.42. The molecule has 0 saturated carbocycles. The Morgan fingerprint density at radius 3 is 2.11 bits per heavy atom. The second-order valence-corrected chi connectivity index (χ2v) is 5.16. The van der Waals surface area contributed by atoms with Crippen LogP contribution >= 0.6 is 0 Å². The lowest BCUT2D eigenvalue weighted by Gasteiger charge is -2.15. The summed E-state index contributed by atoms with van der Waals surface area (Å²) < 4.78 is 10.6. The van der Waals surface area contributed by atoms with Gasteiger partial charge >= 0.3 is 0 Å². The first-order valence-corrected chi connectivity index (χ1v) is 6.89. The van der Waals surface area contributed by atoms with Crippen molar-refractivity contribution in [1.82, 2.24) is 0 Å². The molecule has 0 N–H and O–H groups in total. The zero-order chi connectivity index (χ0) is 12.8. The number of ether oxygens (including phenoxy) is 2. The first-order chi connectivity index (χ1) is 8.85. The third-order valence-corrected chi connectivity index (χ3v) is 4.17. The summed E-state index contributed by atoms with van der Waals surface area (Å²) >= 11 is 0. The van der Waals surface area contributed by atoms with Gasteiger partial charge in [0.2, 0.25) is 0 Å². The van der Waals surface area contributed by atoms with Crippen LogP contribution in [0, 0.1) is 0 Å². The molecule has 3 heteroatoms. The van der Waals surface area contributed by atoms with Gasteiger partial charge < -0.3 is 9.47 Å². The average Bonchev–Trinajstić information content (AvgIpc) is 2.46. The topological polar surface area (TPSA) is 18.5 Å². The Morgan fingerprint density at radius 2 is 1.44 bits per heavy atom. The minimum atomic E-state index is -0.171. The maximum Gasteiger partial charge on any atom is 0.157 e. The van der Waals surface area contributed by atoms with E-state index in [1.54, 1.807) is 14.2 Å². The van der Waals surface area contributed by atoms with Crippen LogP contribution < -0.4 is 5.19 Å². The fourth-order valence-electron chi connectivity index (χ4n) is 1.82. The van der Waals surface area contributed by atoms with Crippen molar-refractivity contribution in [2.45, 2.75) is 5.91 Å². The molecule has 2 aromatic rings. The van der Waals surface area contributed by atoms with Crippen LogP contribution in [0.3, 0.4) is 0 Å². The van der Waals surface area contributed by atoms with E-state index in [0.29, 0.717) is 9.52 Å². The molecular formula is C15H16O2Si. The smallest absolute Gasteiger partial charge is 0.157 e. The molecule has 2 rings (SSSR count). The zero-order valence-corrected chi connectivity index (χ0v) is 11.6. The summed E-state index contributed by atoms with van der Waals surface area (Å²) in [5.41, 5.74) is 2.47. The highest BCUT2D eigenvalue weighted by atomic mass is 28.2. The van der Waals surface area contributed by atoms with Gasteiger partial charge in [-0.05, 0) is 11.1 Å². The van der Waals surface area contributed by atoms with Gasteiger partial charge in [0.25, 0.3) is 0 Å². The number of hydrogen-bond donors (Lipinski definition) is 0. The van der Waals surface area contributed by atoms with E-state index in [0.717, 1.165) is 0 Å². The van der Waals surface area contributed by atoms with E-state index in [-0.39, 0.29) is 5.91 Å². The van der Waals surface area contributed by atoms with E-state index >= 15 is 0 Å². The molecular weight excluding hydrogens is 240 g/mol. The molecule has 0 bridgehead atoms. The van der Waals surface area contributed by atoms with E-state index in [1.165, 1.54) is 16.3 Å². The molecule has 0 heterocycles. The molecule has 0 fully saturated rings. The molecule has 0 aromatic heterocycles. The van der Waals surface area contributed by atoms with Crippen LogP contribution in [0.1, 0.15) is 0 Å². The normalized spacial score (nSPS) is 10.8. The average molecular weight is 256 g/mol. The van der Waals surface area contributed by atoms with Crippen molar-refractivity contribution < 1.29 is 9.47 Å². The van der Waals surface area contributed by atoms with Crippen LogP contribution in [0.2, 0.25) is 0 Å². The van der Waals surface area contributed by atoms with Crippen molar-refractivity contribution in [2.75, 3.05) is 14.2 Å². The van der Waals surface area contributed by atoms with E-state index < -0.39 is 0 Å². The largest absolute Gasteiger partial charge is 0.360 e. The van der Waals surface area contributed by atoms with E-state index in [4.69, 9.17) is 9.47 Å². The first kappa shape index (κ1) is 13.0. The Morgan fingerprint density at radius 1 is 0.833 bits per heavy atom. The van der Waals surface area contributed by atoms with Crippen molar-refractivity contribution in [3.63, 3.8) is 0 Å². The molecule has 2 aromatic carbocycles. The summed E-state index contributed by atoms with van der Waals surface area (Å²) in [5, 5.41) is 1.26. The molecule has 2 radical (unpaired) electrons. The van der Waals surface area contributed by atoms with Crippen molar-refractivity contribution >= 4 is 14.7 Å². The van der Waals surface area contributed by atoms with Gasteiger partial charge in [0.1, 0.15) is 5.91 Å². The van der Waals surface area contributed by atoms with Gasteiger partial charge in [-0.15, -0.1) is 0 Å². The lowest BCUT2D eigenvalue weighted by molar-refractivity contribution is -0.0429. The summed E-state index contributed by atoms with van der Waals surface area (Å²) in [6, 6.07) is 18.8. The van der Waals surface area contributed by atoms with E-state index in [2.05, 4.69) is 48.5 Å². The maximum absolute atomic E-state index is 5.28. The highest BCUT2D eigenvalue weighted by Gasteiger charge is 2.12. The summed E-state index contributed by atoms with van der Waals surface area (Å²) in [6.07, 6.45) is 0. The number of benzene rings is 2. The fourth-order valence-corrected chi connectivity index (χ4v) is 2.88. The minimum absolute atomic E-state index is 0.171. The molecule has 92 valence electrons. The molecule has 0 aliphatic rings. The van der Waals surface area contributed by atoms with Gasteiger partial charge in [-0.1, -0.05) is 59.8 Å². The molecule has 0 spiro atoms. The summed E-state index contributed by atoms with van der Waals surface area (Å²) in [6.45, 7) is 0. The Balaban J connectivity index is 2.31. The molecule has 2 nitrogen and oxygen atoms in total. The van der Waals surface area contributed by atoms with Crippen molar-refractivity contribution in [1.29, 1.82) is 0 Å². The van der Waals surface area contributed by atoms with Crippen LogP contribution in [0.25, 0.3) is 11.1 Å². The molecule has 0 aliphatic carbocycles. The quantitative estimate of drug-likeness (QED) is 0.603.